The van der Waals surface area contributed by atoms with Crippen molar-refractivity contribution in [2.45, 2.75) is 19.4 Å². The van der Waals surface area contributed by atoms with Gasteiger partial charge < -0.3 is 10.6 Å². The fourth-order valence-corrected chi connectivity index (χ4v) is 2.19. The van der Waals surface area contributed by atoms with Crippen molar-refractivity contribution < 1.29 is 13.6 Å². The highest BCUT2D eigenvalue weighted by Crippen LogP contribution is 2.18. The van der Waals surface area contributed by atoms with E-state index in [1.54, 1.807) is 0 Å². The monoisotopic (exact) mass is 283 g/mol. The Morgan fingerprint density at radius 3 is 2.55 bits per heavy atom. The quantitative estimate of drug-likeness (QED) is 0.833. The van der Waals surface area contributed by atoms with Gasteiger partial charge in [0.2, 0.25) is 5.91 Å². The lowest BCUT2D eigenvalue weighted by atomic mass is 10.1. The van der Waals surface area contributed by atoms with Crippen LogP contribution < -0.4 is 10.6 Å². The molecule has 1 amide bonds. The zero-order valence-electron chi connectivity index (χ0n) is 11.5. The molecule has 1 saturated heterocycles. The molecule has 0 bridgehead atoms. The van der Waals surface area contributed by atoms with Gasteiger partial charge in [-0.15, -0.1) is 0 Å². The van der Waals surface area contributed by atoms with Crippen molar-refractivity contribution >= 4 is 11.6 Å². The van der Waals surface area contributed by atoms with Crippen LogP contribution >= 0.6 is 0 Å². The molecule has 0 radical (unpaired) electrons. The lowest BCUT2D eigenvalue weighted by Crippen LogP contribution is -2.58. The van der Waals surface area contributed by atoms with E-state index in [4.69, 9.17) is 0 Å². The van der Waals surface area contributed by atoms with Crippen LogP contribution in [0, 0.1) is 11.6 Å². The van der Waals surface area contributed by atoms with Gasteiger partial charge in [0.15, 0.2) is 0 Å². The molecule has 0 unspecified atom stereocenters. The number of carbonyl (C=O) groups is 1. The maximum absolute atomic E-state index is 13.5. The van der Waals surface area contributed by atoms with Crippen LogP contribution in [0.4, 0.5) is 14.5 Å². The van der Waals surface area contributed by atoms with Crippen LogP contribution in [0.15, 0.2) is 18.2 Å². The zero-order valence-corrected chi connectivity index (χ0v) is 11.5. The van der Waals surface area contributed by atoms with Crippen LogP contribution in [-0.4, -0.2) is 43.0 Å². The van der Waals surface area contributed by atoms with Gasteiger partial charge in [0.25, 0.3) is 0 Å². The Morgan fingerprint density at radius 1 is 1.40 bits per heavy atom. The Balaban J connectivity index is 1.96. The largest absolute Gasteiger partial charge is 0.320 e. The SMILES string of the molecule is CCCN(CC(=O)Nc1c(F)cccc1F)C1CNC1. The van der Waals surface area contributed by atoms with Gasteiger partial charge in [0.05, 0.1) is 6.54 Å². The van der Waals surface area contributed by atoms with Crippen molar-refractivity contribution in [1.82, 2.24) is 10.2 Å². The second-order valence-electron chi connectivity index (χ2n) is 4.93. The van der Waals surface area contributed by atoms with E-state index in [-0.39, 0.29) is 12.2 Å². The summed E-state index contributed by atoms with van der Waals surface area (Å²) in [4.78, 5) is 14.0. The number of rotatable bonds is 6. The lowest BCUT2D eigenvalue weighted by molar-refractivity contribution is -0.118. The third-order valence-electron chi connectivity index (χ3n) is 3.36. The minimum Gasteiger partial charge on any atom is -0.320 e. The maximum atomic E-state index is 13.5. The number of halogens is 2. The molecular weight excluding hydrogens is 264 g/mol. The third-order valence-corrected chi connectivity index (χ3v) is 3.36. The lowest BCUT2D eigenvalue weighted by Gasteiger charge is -2.37. The number of carbonyl (C=O) groups excluding carboxylic acids is 1. The van der Waals surface area contributed by atoms with Crippen molar-refractivity contribution in [2.24, 2.45) is 0 Å². The third kappa shape index (κ3) is 3.52. The summed E-state index contributed by atoms with van der Waals surface area (Å²) < 4.78 is 26.9. The van der Waals surface area contributed by atoms with Gasteiger partial charge in [-0.05, 0) is 25.1 Å². The van der Waals surface area contributed by atoms with Crippen LogP contribution in [0.25, 0.3) is 0 Å². The number of hydrogen-bond acceptors (Lipinski definition) is 3. The molecule has 0 spiro atoms. The topological polar surface area (TPSA) is 44.4 Å². The summed E-state index contributed by atoms with van der Waals surface area (Å²) in [6, 6.07) is 3.84. The van der Waals surface area contributed by atoms with Gasteiger partial charge in [-0.3, -0.25) is 9.69 Å². The van der Waals surface area contributed by atoms with E-state index in [2.05, 4.69) is 10.6 Å². The Kier molecular flexibility index (Phi) is 5.03. The van der Waals surface area contributed by atoms with Gasteiger partial charge in [0, 0.05) is 19.1 Å². The van der Waals surface area contributed by atoms with Crippen LogP contribution in [-0.2, 0) is 4.79 Å². The Bertz CT molecular complexity index is 457. The van der Waals surface area contributed by atoms with Crippen molar-refractivity contribution in [3.8, 4) is 0 Å². The van der Waals surface area contributed by atoms with Gasteiger partial charge in [-0.2, -0.15) is 0 Å². The molecule has 2 N–H and O–H groups in total. The highest BCUT2D eigenvalue weighted by molar-refractivity contribution is 5.92. The predicted molar refractivity (Wildman–Crippen MR) is 73.5 cm³/mol. The molecule has 4 nitrogen and oxygen atoms in total. The Labute approximate surface area is 117 Å². The first-order chi connectivity index (χ1) is 9.61. The number of hydrogen-bond donors (Lipinski definition) is 2. The van der Waals surface area contributed by atoms with E-state index < -0.39 is 17.5 Å². The predicted octanol–water partition coefficient (Wildman–Crippen LogP) is 1.59. The first-order valence-electron chi connectivity index (χ1n) is 6.80. The molecule has 0 saturated carbocycles. The fraction of sp³-hybridized carbons (Fsp3) is 0.500. The average molecular weight is 283 g/mol. The van der Waals surface area contributed by atoms with E-state index in [0.717, 1.165) is 38.2 Å². The smallest absolute Gasteiger partial charge is 0.238 e. The summed E-state index contributed by atoms with van der Waals surface area (Å²) in [5, 5.41) is 5.47. The number of nitrogens with one attached hydrogen (secondary N) is 2. The molecule has 20 heavy (non-hydrogen) atoms. The minimum atomic E-state index is -0.759. The van der Waals surface area contributed by atoms with Gasteiger partial charge in [-0.25, -0.2) is 8.78 Å². The van der Waals surface area contributed by atoms with Crippen molar-refractivity contribution in [2.75, 3.05) is 31.5 Å². The van der Waals surface area contributed by atoms with E-state index in [9.17, 15) is 13.6 Å². The molecule has 1 heterocycles. The number of benzene rings is 1. The summed E-state index contributed by atoms with van der Waals surface area (Å²) in [5.74, 6) is -1.91. The summed E-state index contributed by atoms with van der Waals surface area (Å²) in [6.45, 7) is 4.67. The molecule has 6 heteroatoms. The van der Waals surface area contributed by atoms with Crippen LogP contribution in [0.3, 0.4) is 0 Å². The molecule has 1 aliphatic heterocycles. The number of amides is 1. The Morgan fingerprint density at radius 2 is 2.05 bits per heavy atom. The molecule has 0 atom stereocenters. The van der Waals surface area contributed by atoms with Crippen LogP contribution in [0.5, 0.6) is 0 Å². The molecule has 1 aliphatic rings. The first-order valence-corrected chi connectivity index (χ1v) is 6.80. The molecule has 2 rings (SSSR count). The second-order valence-corrected chi connectivity index (χ2v) is 4.93. The van der Waals surface area contributed by atoms with Crippen LogP contribution in [0.1, 0.15) is 13.3 Å². The average Bonchev–Trinajstić information content (AvgIpc) is 2.32. The molecule has 1 fully saturated rings. The van der Waals surface area contributed by atoms with Crippen molar-refractivity contribution in [1.29, 1.82) is 0 Å². The normalized spacial score (nSPS) is 15.2. The molecule has 0 aromatic heterocycles. The van der Waals surface area contributed by atoms with Crippen molar-refractivity contribution in [3.05, 3.63) is 29.8 Å². The summed E-state index contributed by atoms with van der Waals surface area (Å²) in [5.41, 5.74) is -0.374. The van der Waals surface area contributed by atoms with E-state index in [1.807, 2.05) is 11.8 Å². The molecule has 1 aromatic rings. The number of para-hydroxylation sites is 1. The maximum Gasteiger partial charge on any atom is 0.238 e. The van der Waals surface area contributed by atoms with E-state index in [0.29, 0.717) is 6.04 Å². The summed E-state index contributed by atoms with van der Waals surface area (Å²) >= 11 is 0. The van der Waals surface area contributed by atoms with Gasteiger partial charge in [0.1, 0.15) is 17.3 Å². The minimum absolute atomic E-state index is 0.147. The second kappa shape index (κ2) is 6.76. The van der Waals surface area contributed by atoms with Gasteiger partial charge >= 0.3 is 0 Å². The Hall–Kier alpha value is -1.53. The zero-order chi connectivity index (χ0) is 14.5. The number of nitrogens with zero attached hydrogens (tertiary/aromatic N) is 1. The van der Waals surface area contributed by atoms with E-state index in [1.165, 1.54) is 6.07 Å². The molecule has 1 aromatic carbocycles. The standard InChI is InChI=1S/C14H19F2N3O/c1-2-6-19(10-7-17-8-10)9-13(20)18-14-11(15)4-3-5-12(14)16/h3-5,10,17H,2,6-9H2,1H3,(H,18,20). The molecular formula is C14H19F2N3O. The summed E-state index contributed by atoms with van der Waals surface area (Å²) in [6.07, 6.45) is 0.928. The van der Waals surface area contributed by atoms with Crippen LogP contribution in [0.2, 0.25) is 0 Å². The highest BCUT2D eigenvalue weighted by Gasteiger charge is 2.25. The van der Waals surface area contributed by atoms with Crippen molar-refractivity contribution in [3.63, 3.8) is 0 Å². The first kappa shape index (κ1) is 14.9. The highest BCUT2D eigenvalue weighted by atomic mass is 19.1. The van der Waals surface area contributed by atoms with E-state index >= 15 is 0 Å². The molecule has 0 aliphatic carbocycles. The molecule has 110 valence electrons. The number of anilines is 1. The van der Waals surface area contributed by atoms with Gasteiger partial charge in [-0.1, -0.05) is 13.0 Å². The fourth-order valence-electron chi connectivity index (χ4n) is 2.19. The summed E-state index contributed by atoms with van der Waals surface area (Å²) in [7, 11) is 0.